The summed E-state index contributed by atoms with van der Waals surface area (Å²) in [6.07, 6.45) is 1.79. The van der Waals surface area contributed by atoms with E-state index in [-0.39, 0.29) is 31.1 Å². The molecular formula is C37H28ClIN2O7S. The Labute approximate surface area is 303 Å². The van der Waals surface area contributed by atoms with Crippen LogP contribution in [0.5, 0.6) is 23.0 Å². The Kier molecular flexibility index (Phi) is 9.48. The van der Waals surface area contributed by atoms with Crippen LogP contribution in [0.1, 0.15) is 35.2 Å². The third kappa shape index (κ3) is 6.45. The van der Waals surface area contributed by atoms with Crippen molar-refractivity contribution in [3.63, 3.8) is 0 Å². The maximum absolute atomic E-state index is 14.4. The largest absolute Gasteiger partial charge is 0.493 e. The highest BCUT2D eigenvalue weighted by Gasteiger charge is 2.36. The molecule has 248 valence electrons. The van der Waals surface area contributed by atoms with Gasteiger partial charge in [-0.1, -0.05) is 77.5 Å². The zero-order valence-electron chi connectivity index (χ0n) is 26.3. The molecule has 0 saturated carbocycles. The number of carbonyl (C=O) groups excluding carboxylic acids is 1. The van der Waals surface area contributed by atoms with Crippen LogP contribution < -0.4 is 33.8 Å². The lowest BCUT2D eigenvalue weighted by atomic mass is 9.93. The lowest BCUT2D eigenvalue weighted by molar-refractivity contribution is -0.138. The van der Waals surface area contributed by atoms with Crippen LogP contribution in [0.2, 0.25) is 5.02 Å². The van der Waals surface area contributed by atoms with Crippen LogP contribution in [0.4, 0.5) is 0 Å². The standard InChI is InChI=1S/C37H28ClIN2O7S/c1-3-45-36(43)31-32(22-9-5-4-6-10-22)40-37-41(33(31)23-13-14-27-28(18-23)48-20-47-27)35(42)30(49-37)17-21-15-26(39)34(29(16-21)44-2)46-19-24-11-7-8-12-25(24)38/h4-18,33H,3,19-20H2,1-2H3/b30-17-/t33-/m1/s1. The van der Waals surface area contributed by atoms with Crippen molar-refractivity contribution in [2.24, 2.45) is 4.99 Å². The van der Waals surface area contributed by atoms with Crippen LogP contribution in [0.25, 0.3) is 11.8 Å². The van der Waals surface area contributed by atoms with Gasteiger partial charge in [-0.25, -0.2) is 9.79 Å². The monoisotopic (exact) mass is 806 g/mol. The van der Waals surface area contributed by atoms with Gasteiger partial charge in [0, 0.05) is 16.1 Å². The van der Waals surface area contributed by atoms with Crippen molar-refractivity contribution in [2.75, 3.05) is 20.5 Å². The van der Waals surface area contributed by atoms with Crippen molar-refractivity contribution >= 4 is 63.3 Å². The fourth-order valence-corrected chi connectivity index (χ4v) is 7.69. The first-order chi connectivity index (χ1) is 23.9. The van der Waals surface area contributed by atoms with Gasteiger partial charge >= 0.3 is 5.97 Å². The zero-order chi connectivity index (χ0) is 34.1. The molecule has 3 heterocycles. The highest BCUT2D eigenvalue weighted by molar-refractivity contribution is 14.1. The topological polar surface area (TPSA) is 97.6 Å². The average Bonchev–Trinajstić information content (AvgIpc) is 3.71. The van der Waals surface area contributed by atoms with E-state index in [9.17, 15) is 9.59 Å². The number of carbonyl (C=O) groups is 1. The molecule has 0 unspecified atom stereocenters. The second-order valence-corrected chi connectivity index (χ2v) is 13.5. The number of hydrogen-bond donors (Lipinski definition) is 0. The van der Waals surface area contributed by atoms with Gasteiger partial charge in [-0.2, -0.15) is 0 Å². The highest BCUT2D eigenvalue weighted by Crippen LogP contribution is 2.40. The molecule has 2 aliphatic heterocycles. The van der Waals surface area contributed by atoms with Crippen molar-refractivity contribution < 1.29 is 28.5 Å². The second-order valence-electron chi connectivity index (χ2n) is 11.0. The van der Waals surface area contributed by atoms with Gasteiger partial charge in [-0.15, -0.1) is 0 Å². The minimum Gasteiger partial charge on any atom is -0.493 e. The Bertz CT molecular complexity index is 2300. The van der Waals surface area contributed by atoms with E-state index in [1.807, 2.05) is 72.8 Å². The molecule has 1 atom stereocenters. The van der Waals surface area contributed by atoms with Gasteiger partial charge in [-0.3, -0.25) is 9.36 Å². The number of halogens is 2. The molecule has 0 amide bonds. The first-order valence-corrected chi connectivity index (χ1v) is 17.5. The molecule has 5 aromatic rings. The van der Waals surface area contributed by atoms with Crippen LogP contribution in [0.15, 0.2) is 100 Å². The number of methoxy groups -OCH3 is 1. The summed E-state index contributed by atoms with van der Waals surface area (Å²) in [7, 11) is 1.57. The summed E-state index contributed by atoms with van der Waals surface area (Å²) < 4.78 is 31.4. The Morgan fingerprint density at radius 2 is 1.84 bits per heavy atom. The van der Waals surface area contributed by atoms with E-state index in [1.165, 1.54) is 11.3 Å². The molecule has 49 heavy (non-hydrogen) atoms. The van der Waals surface area contributed by atoms with E-state index < -0.39 is 12.0 Å². The molecular weight excluding hydrogens is 779 g/mol. The summed E-state index contributed by atoms with van der Waals surface area (Å²) in [6.45, 7) is 2.25. The van der Waals surface area contributed by atoms with E-state index >= 15 is 0 Å². The molecule has 0 aliphatic carbocycles. The molecule has 12 heteroatoms. The summed E-state index contributed by atoms with van der Waals surface area (Å²) in [6, 6.07) is 25.2. The van der Waals surface area contributed by atoms with Crippen LogP contribution in [-0.4, -0.2) is 31.0 Å². The maximum atomic E-state index is 14.4. The number of ether oxygens (including phenoxy) is 5. The predicted molar refractivity (Wildman–Crippen MR) is 195 cm³/mol. The predicted octanol–water partition coefficient (Wildman–Crippen LogP) is 6.51. The van der Waals surface area contributed by atoms with Gasteiger partial charge in [0.25, 0.3) is 5.56 Å². The van der Waals surface area contributed by atoms with Crippen LogP contribution in [-0.2, 0) is 16.1 Å². The van der Waals surface area contributed by atoms with E-state index in [1.54, 1.807) is 36.8 Å². The third-order valence-electron chi connectivity index (χ3n) is 7.97. The summed E-state index contributed by atoms with van der Waals surface area (Å²) in [5.41, 5.74) is 3.33. The molecule has 4 aromatic carbocycles. The fraction of sp³-hybridized carbons (Fsp3) is 0.162. The lowest BCUT2D eigenvalue weighted by Gasteiger charge is -2.26. The van der Waals surface area contributed by atoms with E-state index in [0.717, 1.165) is 20.3 Å². The smallest absolute Gasteiger partial charge is 0.338 e. The Hall–Kier alpha value is -4.59. The summed E-state index contributed by atoms with van der Waals surface area (Å²) >= 11 is 9.77. The van der Waals surface area contributed by atoms with Crippen LogP contribution in [0, 0.1) is 3.57 Å². The Morgan fingerprint density at radius 1 is 1.06 bits per heavy atom. The quantitative estimate of drug-likeness (QED) is 0.124. The van der Waals surface area contributed by atoms with Gasteiger partial charge in [0.1, 0.15) is 6.61 Å². The van der Waals surface area contributed by atoms with E-state index in [4.69, 9.17) is 40.3 Å². The van der Waals surface area contributed by atoms with Gasteiger partial charge in [0.05, 0.1) is 39.1 Å². The first-order valence-electron chi connectivity index (χ1n) is 15.3. The zero-order valence-corrected chi connectivity index (χ0v) is 30.0. The molecule has 2 aliphatic rings. The number of rotatable bonds is 9. The van der Waals surface area contributed by atoms with Gasteiger partial charge in [0.2, 0.25) is 6.79 Å². The van der Waals surface area contributed by atoms with Gasteiger partial charge in [-0.05, 0) is 77.0 Å². The van der Waals surface area contributed by atoms with Crippen molar-refractivity contribution in [3.05, 3.63) is 141 Å². The van der Waals surface area contributed by atoms with Crippen molar-refractivity contribution in [2.45, 2.75) is 19.6 Å². The fourth-order valence-electron chi connectivity index (χ4n) is 5.72. The molecule has 0 bridgehead atoms. The summed E-state index contributed by atoms with van der Waals surface area (Å²) in [5, 5.41) is 0.615. The number of fused-ring (bicyclic) bond motifs is 2. The SMILES string of the molecule is CCOC(=O)C1=C(c2ccccc2)N=c2s/c(=C\c3cc(I)c(OCc4ccccc4Cl)c(OC)c3)c(=O)n2[C@@H]1c1ccc2c(c1)OCO2. The first kappa shape index (κ1) is 32.9. The average molecular weight is 807 g/mol. The number of esters is 1. The number of aromatic nitrogens is 1. The van der Waals surface area contributed by atoms with Gasteiger partial charge < -0.3 is 23.7 Å². The maximum Gasteiger partial charge on any atom is 0.338 e. The van der Waals surface area contributed by atoms with Crippen LogP contribution >= 0.6 is 45.5 Å². The molecule has 7 rings (SSSR count). The van der Waals surface area contributed by atoms with E-state index in [0.29, 0.717) is 48.6 Å². The Balaban J connectivity index is 1.37. The molecule has 0 saturated heterocycles. The number of thiazole rings is 1. The molecule has 9 nitrogen and oxygen atoms in total. The highest BCUT2D eigenvalue weighted by atomic mass is 127. The molecule has 0 N–H and O–H groups in total. The van der Waals surface area contributed by atoms with E-state index in [2.05, 4.69) is 22.6 Å². The molecule has 0 radical (unpaired) electrons. The molecule has 0 spiro atoms. The second kappa shape index (κ2) is 14.1. The summed E-state index contributed by atoms with van der Waals surface area (Å²) in [4.78, 5) is 33.5. The lowest BCUT2D eigenvalue weighted by Crippen LogP contribution is -2.40. The number of hydrogen-bond acceptors (Lipinski definition) is 9. The summed E-state index contributed by atoms with van der Waals surface area (Å²) in [5.74, 6) is 1.63. The van der Waals surface area contributed by atoms with Crippen molar-refractivity contribution in [1.82, 2.24) is 4.57 Å². The normalized spacial score (nSPS) is 15.1. The number of benzene rings is 4. The minimum absolute atomic E-state index is 0.0868. The molecule has 1 aromatic heterocycles. The third-order valence-corrected chi connectivity index (χ3v) is 10.1. The molecule has 0 fully saturated rings. The van der Waals surface area contributed by atoms with Crippen molar-refractivity contribution in [3.8, 4) is 23.0 Å². The Morgan fingerprint density at radius 3 is 2.61 bits per heavy atom. The number of nitrogens with zero attached hydrogens (tertiary/aromatic N) is 2. The van der Waals surface area contributed by atoms with Gasteiger partial charge in [0.15, 0.2) is 27.8 Å². The van der Waals surface area contributed by atoms with Crippen molar-refractivity contribution in [1.29, 1.82) is 0 Å². The van der Waals surface area contributed by atoms with Crippen LogP contribution in [0.3, 0.4) is 0 Å². The minimum atomic E-state index is -0.850.